The summed E-state index contributed by atoms with van der Waals surface area (Å²) in [4.78, 5) is 12.8. The van der Waals surface area contributed by atoms with Crippen molar-refractivity contribution in [3.05, 3.63) is 49.1 Å². The second kappa shape index (κ2) is 5.88. The summed E-state index contributed by atoms with van der Waals surface area (Å²) in [5.74, 6) is 0.176. The molecule has 6 nitrogen and oxygen atoms in total. The highest BCUT2D eigenvalue weighted by Crippen LogP contribution is 2.57. The van der Waals surface area contributed by atoms with Gasteiger partial charge in [0.25, 0.3) is 0 Å². The van der Waals surface area contributed by atoms with Crippen LogP contribution in [0, 0.1) is 5.41 Å². The fourth-order valence-corrected chi connectivity index (χ4v) is 3.32. The summed E-state index contributed by atoms with van der Waals surface area (Å²) < 4.78 is 40.8. The molecule has 0 unspecified atom stereocenters. The molecule has 5 rings (SSSR count). The summed E-state index contributed by atoms with van der Waals surface area (Å²) in [5, 5.41) is 7.03. The average molecular weight is 384 g/mol. The van der Waals surface area contributed by atoms with Crippen LogP contribution in [0.3, 0.4) is 0 Å². The van der Waals surface area contributed by atoms with Crippen LogP contribution in [0.1, 0.15) is 12.8 Å². The lowest BCUT2D eigenvalue weighted by Gasteiger charge is -2.19. The molecule has 0 amide bonds. The quantitative estimate of drug-likeness (QED) is 0.574. The van der Waals surface area contributed by atoms with E-state index in [4.69, 9.17) is 0 Å². The predicted octanol–water partition coefficient (Wildman–Crippen LogP) is 4.09. The summed E-state index contributed by atoms with van der Waals surface area (Å²) in [6.45, 7) is -0.209. The van der Waals surface area contributed by atoms with E-state index in [1.165, 1.54) is 0 Å². The van der Waals surface area contributed by atoms with Crippen molar-refractivity contribution in [2.24, 2.45) is 5.41 Å². The van der Waals surface area contributed by atoms with Crippen LogP contribution in [0.15, 0.2) is 49.1 Å². The lowest BCUT2D eigenvalue weighted by molar-refractivity contribution is -0.182. The van der Waals surface area contributed by atoms with E-state index in [9.17, 15) is 13.2 Å². The Hall–Kier alpha value is -3.23. The van der Waals surface area contributed by atoms with Crippen molar-refractivity contribution in [3.63, 3.8) is 0 Å². The third-order valence-electron chi connectivity index (χ3n) is 5.24. The smallest absolute Gasteiger partial charge is 0.352 e. The summed E-state index contributed by atoms with van der Waals surface area (Å²) in [5.41, 5.74) is 2.54. The van der Waals surface area contributed by atoms with E-state index in [1.807, 2.05) is 24.3 Å². The summed E-state index contributed by atoms with van der Waals surface area (Å²) in [6.07, 6.45) is 2.73. The molecule has 0 atom stereocenters. The highest BCUT2D eigenvalue weighted by atomic mass is 19.4. The number of anilines is 1. The maximum atomic E-state index is 13.1. The molecule has 3 aromatic heterocycles. The SMILES string of the molecule is FC(F)(F)C1(CNc2ncc3c(-c4ccc5nccnc5c4)ccn3n2)CC1. The van der Waals surface area contributed by atoms with Crippen molar-refractivity contribution < 1.29 is 13.2 Å². The van der Waals surface area contributed by atoms with Crippen molar-refractivity contribution >= 4 is 22.5 Å². The minimum absolute atomic E-state index is 0.143. The van der Waals surface area contributed by atoms with E-state index >= 15 is 0 Å². The zero-order chi connectivity index (χ0) is 19.4. The molecular formula is C19H15F3N6. The van der Waals surface area contributed by atoms with Crippen molar-refractivity contribution in [2.75, 3.05) is 11.9 Å². The number of hydrogen-bond acceptors (Lipinski definition) is 5. The van der Waals surface area contributed by atoms with Crippen LogP contribution in [0.4, 0.5) is 19.1 Å². The van der Waals surface area contributed by atoms with E-state index in [-0.39, 0.29) is 25.3 Å². The van der Waals surface area contributed by atoms with Crippen molar-refractivity contribution in [1.82, 2.24) is 24.6 Å². The number of nitrogens with zero attached hydrogens (tertiary/aromatic N) is 5. The largest absolute Gasteiger partial charge is 0.396 e. The van der Waals surface area contributed by atoms with Gasteiger partial charge >= 0.3 is 6.18 Å². The Morgan fingerprint density at radius 2 is 1.82 bits per heavy atom. The van der Waals surface area contributed by atoms with Gasteiger partial charge in [-0.25, -0.2) is 9.50 Å². The second-order valence-corrected chi connectivity index (χ2v) is 7.03. The molecule has 0 radical (unpaired) electrons. The minimum atomic E-state index is -4.20. The number of hydrogen-bond donors (Lipinski definition) is 1. The van der Waals surface area contributed by atoms with E-state index < -0.39 is 11.6 Å². The van der Waals surface area contributed by atoms with Gasteiger partial charge in [0.15, 0.2) is 0 Å². The summed E-state index contributed by atoms with van der Waals surface area (Å²) in [7, 11) is 0. The maximum absolute atomic E-state index is 13.1. The first-order valence-electron chi connectivity index (χ1n) is 8.81. The molecule has 1 fully saturated rings. The van der Waals surface area contributed by atoms with Gasteiger partial charge in [-0.3, -0.25) is 9.97 Å². The fourth-order valence-electron chi connectivity index (χ4n) is 3.32. The molecule has 4 aromatic rings. The second-order valence-electron chi connectivity index (χ2n) is 7.03. The molecule has 28 heavy (non-hydrogen) atoms. The molecule has 142 valence electrons. The van der Waals surface area contributed by atoms with Crippen LogP contribution in [0.25, 0.3) is 27.7 Å². The average Bonchev–Trinajstić information content (AvgIpc) is 3.39. The maximum Gasteiger partial charge on any atom is 0.396 e. The van der Waals surface area contributed by atoms with Crippen LogP contribution in [-0.4, -0.2) is 37.3 Å². The number of nitrogens with one attached hydrogen (secondary N) is 1. The molecule has 0 saturated heterocycles. The highest BCUT2D eigenvalue weighted by molar-refractivity contribution is 5.86. The molecule has 1 N–H and O–H groups in total. The third kappa shape index (κ3) is 2.74. The first-order valence-corrected chi connectivity index (χ1v) is 8.81. The number of fused-ring (bicyclic) bond motifs is 2. The molecule has 1 aliphatic carbocycles. The van der Waals surface area contributed by atoms with Crippen molar-refractivity contribution in [2.45, 2.75) is 19.0 Å². The van der Waals surface area contributed by atoms with E-state index in [0.29, 0.717) is 0 Å². The Bertz CT molecular complexity index is 1180. The van der Waals surface area contributed by atoms with Gasteiger partial charge in [-0.1, -0.05) is 6.07 Å². The van der Waals surface area contributed by atoms with Gasteiger partial charge in [-0.2, -0.15) is 13.2 Å². The van der Waals surface area contributed by atoms with E-state index in [2.05, 4.69) is 25.4 Å². The van der Waals surface area contributed by atoms with Gasteiger partial charge in [0, 0.05) is 30.7 Å². The first-order chi connectivity index (χ1) is 13.5. The molecule has 1 aromatic carbocycles. The number of halogens is 3. The van der Waals surface area contributed by atoms with E-state index in [1.54, 1.807) is 29.3 Å². The lowest BCUT2D eigenvalue weighted by atomic mass is 10.1. The molecule has 1 saturated carbocycles. The Morgan fingerprint density at radius 1 is 1.04 bits per heavy atom. The Labute approximate surface area is 157 Å². The Balaban J connectivity index is 1.43. The molecule has 0 aliphatic heterocycles. The van der Waals surface area contributed by atoms with Gasteiger partial charge in [-0.15, -0.1) is 5.10 Å². The molecular weight excluding hydrogens is 369 g/mol. The van der Waals surface area contributed by atoms with E-state index in [0.717, 1.165) is 27.7 Å². The molecule has 0 bridgehead atoms. The van der Waals surface area contributed by atoms with Crippen LogP contribution in [0.2, 0.25) is 0 Å². The number of benzene rings is 1. The molecule has 1 aliphatic rings. The third-order valence-corrected chi connectivity index (χ3v) is 5.24. The van der Waals surface area contributed by atoms with Gasteiger partial charge in [0.05, 0.1) is 28.2 Å². The number of aromatic nitrogens is 5. The standard InChI is InChI=1S/C19H15F3N6/c20-19(21,22)18(4-5-18)11-26-17-25-10-16-13(3-8-28(16)27-17)12-1-2-14-15(9-12)24-7-6-23-14/h1-3,6-10H,4-5,11H2,(H,26,27). The lowest BCUT2D eigenvalue weighted by Crippen LogP contribution is -2.32. The summed E-state index contributed by atoms with van der Waals surface area (Å²) >= 11 is 0. The van der Waals surface area contributed by atoms with Gasteiger partial charge in [0.1, 0.15) is 0 Å². The van der Waals surface area contributed by atoms with Gasteiger partial charge < -0.3 is 5.32 Å². The first kappa shape index (κ1) is 16.9. The Kier molecular flexibility index (Phi) is 3.55. The van der Waals surface area contributed by atoms with Crippen LogP contribution in [-0.2, 0) is 0 Å². The number of rotatable bonds is 4. The summed E-state index contributed by atoms with van der Waals surface area (Å²) in [6, 6.07) is 7.66. The monoisotopic (exact) mass is 384 g/mol. The normalized spacial score (nSPS) is 15.8. The van der Waals surface area contributed by atoms with Crippen molar-refractivity contribution in [1.29, 1.82) is 0 Å². The Morgan fingerprint density at radius 3 is 2.57 bits per heavy atom. The zero-order valence-corrected chi connectivity index (χ0v) is 14.6. The molecule has 0 spiro atoms. The minimum Gasteiger partial charge on any atom is -0.352 e. The van der Waals surface area contributed by atoms with Crippen LogP contribution in [0.5, 0.6) is 0 Å². The fraction of sp³-hybridized carbons (Fsp3) is 0.263. The zero-order valence-electron chi connectivity index (χ0n) is 14.6. The molecule has 9 heteroatoms. The molecule has 3 heterocycles. The highest BCUT2D eigenvalue weighted by Gasteiger charge is 2.62. The van der Waals surface area contributed by atoms with Crippen LogP contribution < -0.4 is 5.32 Å². The van der Waals surface area contributed by atoms with Gasteiger partial charge in [0.2, 0.25) is 5.95 Å². The van der Waals surface area contributed by atoms with Gasteiger partial charge in [-0.05, 0) is 36.6 Å². The number of alkyl halides is 3. The van der Waals surface area contributed by atoms with Crippen molar-refractivity contribution in [3.8, 4) is 11.1 Å². The topological polar surface area (TPSA) is 68.0 Å². The van der Waals surface area contributed by atoms with Crippen LogP contribution >= 0.6 is 0 Å². The predicted molar refractivity (Wildman–Crippen MR) is 97.7 cm³/mol.